The molecule has 2 N–H and O–H groups in total. The molecule has 1 saturated carbocycles. The van der Waals surface area contributed by atoms with Crippen molar-refractivity contribution < 1.29 is 46.9 Å². The summed E-state index contributed by atoms with van der Waals surface area (Å²) in [6.45, 7) is 10.9. The van der Waals surface area contributed by atoms with Crippen LogP contribution < -0.4 is 29.3 Å². The fourth-order valence-corrected chi connectivity index (χ4v) is 11.3. The first-order valence-corrected chi connectivity index (χ1v) is 26.2. The van der Waals surface area contributed by atoms with Crippen molar-refractivity contribution in [2.24, 2.45) is 5.92 Å². The van der Waals surface area contributed by atoms with Gasteiger partial charge in [0.05, 0.1) is 75.8 Å². The van der Waals surface area contributed by atoms with Crippen molar-refractivity contribution >= 4 is 57.8 Å². The van der Waals surface area contributed by atoms with Crippen LogP contribution >= 0.6 is 23.6 Å². The highest BCUT2D eigenvalue weighted by atomic mass is 32.1. The number of β-amino-alcohol motifs (C(OH)–C–C–N with tert-alkyl or cyclic N) is 1. The molecule has 0 radical (unpaired) electrons. The van der Waals surface area contributed by atoms with Crippen molar-refractivity contribution in [1.29, 1.82) is 5.26 Å². The topological polar surface area (TPSA) is 188 Å². The zero-order valence-corrected chi connectivity index (χ0v) is 44.2. The molecule has 5 heterocycles. The van der Waals surface area contributed by atoms with Crippen LogP contribution in [0.25, 0.3) is 10.4 Å². The second-order valence-corrected chi connectivity index (χ2v) is 21.3. The SMILES string of the molecule is Cc1ncsc1-c1ccc([C@H](C)NC(=O)[C@@H]2C[C@@H](O)CN2C(=O)[C@@H](C(C)C)n2cc(Oc3ccc(OC4CCC(Oc5ccc(N6C(=S)N(c7ccc(C#N)c(C(F)(F)F)c7)C(=O)C6(C)C)cc5)CC4)nc3)cn2)cc1. The second kappa shape index (κ2) is 21.7. The number of carbonyl (C=O) groups excluding carboxylic acids is 3. The number of aromatic nitrogens is 4. The molecule has 0 unspecified atom stereocenters. The van der Waals surface area contributed by atoms with E-state index in [9.17, 15) is 37.9 Å². The number of rotatable bonds is 15. The molecule has 3 fully saturated rings. The average Bonchev–Trinajstić information content (AvgIpc) is 4.19. The van der Waals surface area contributed by atoms with Gasteiger partial charge in [-0.3, -0.25) is 24.0 Å². The molecule has 3 aromatic heterocycles. The standard InChI is InChI=1S/C55H56F3N9O7S2/c1-31(2)48(51(70)64-28-39(68)24-46(64)50(69)63-32(3)34-7-9-35(10-8-34)49-33(4)61-30-76-49)65-29-44(27-62-65)73-43-21-22-47(60-26-43)74-42-19-17-41(18-20-42)72-40-15-13-37(14-16-40)67-53(75)66(52(71)54(67,5)6)38-12-11-36(25-59)45(23-38)55(56,57)58/h7-16,21-23,26-27,29-32,39,41-42,46,48,68H,17-20,24,28H2,1-6H3,(H,63,69)/t32-,39+,41?,42?,46-,48+/m0/s1. The van der Waals surface area contributed by atoms with Crippen LogP contribution in [-0.2, 0) is 20.6 Å². The Morgan fingerprint density at radius 1 is 0.908 bits per heavy atom. The number of benzene rings is 3. The zero-order chi connectivity index (χ0) is 54.2. The van der Waals surface area contributed by atoms with Crippen molar-refractivity contribution in [3.05, 3.63) is 125 Å². The summed E-state index contributed by atoms with van der Waals surface area (Å²) in [5, 5.41) is 27.5. The lowest BCUT2D eigenvalue weighted by atomic mass is 9.95. The summed E-state index contributed by atoms with van der Waals surface area (Å²) >= 11 is 7.25. The number of nitrogens with one attached hydrogen (secondary N) is 1. The maximum atomic E-state index is 14.3. The van der Waals surface area contributed by atoms with Crippen LogP contribution in [0.3, 0.4) is 0 Å². The van der Waals surface area contributed by atoms with Gasteiger partial charge in [0.15, 0.2) is 10.9 Å². The maximum Gasteiger partial charge on any atom is 0.417 e. The number of carbonyl (C=O) groups is 3. The minimum atomic E-state index is -4.80. The summed E-state index contributed by atoms with van der Waals surface area (Å²) in [6.07, 6.45) is 1.78. The van der Waals surface area contributed by atoms with Gasteiger partial charge in [0, 0.05) is 24.7 Å². The van der Waals surface area contributed by atoms with Crippen LogP contribution in [0.5, 0.6) is 23.1 Å². The number of pyridine rings is 1. The molecule has 1 aliphatic carbocycles. The number of nitriles is 1. The van der Waals surface area contributed by atoms with Gasteiger partial charge in [-0.1, -0.05) is 38.1 Å². The number of aliphatic hydroxyl groups is 1. The lowest BCUT2D eigenvalue weighted by Gasteiger charge is -2.30. The summed E-state index contributed by atoms with van der Waals surface area (Å²) in [5.74, 6) is 0.401. The van der Waals surface area contributed by atoms with E-state index < -0.39 is 46.9 Å². The Labute approximate surface area is 447 Å². The number of aryl methyl sites for hydroxylation is 1. The van der Waals surface area contributed by atoms with E-state index >= 15 is 0 Å². The predicted octanol–water partition coefficient (Wildman–Crippen LogP) is 10.1. The molecule has 16 nitrogen and oxygen atoms in total. The van der Waals surface area contributed by atoms with Crippen molar-refractivity contribution in [2.45, 2.75) is 122 Å². The fraction of sp³-hybridized carbons (Fsp3) is 0.382. The van der Waals surface area contributed by atoms with Gasteiger partial charge in [0.2, 0.25) is 17.7 Å². The number of alkyl halides is 3. The third-order valence-corrected chi connectivity index (χ3v) is 15.3. The zero-order valence-electron chi connectivity index (χ0n) is 42.5. The van der Waals surface area contributed by atoms with Gasteiger partial charge in [-0.05, 0) is 131 Å². The number of aliphatic hydroxyl groups excluding tert-OH is 1. The molecule has 3 aliphatic rings. The van der Waals surface area contributed by atoms with Gasteiger partial charge in [-0.2, -0.15) is 23.5 Å². The molecular weight excluding hydrogens is 1020 g/mol. The molecule has 396 valence electrons. The molecule has 76 heavy (non-hydrogen) atoms. The molecule has 3 aromatic carbocycles. The summed E-state index contributed by atoms with van der Waals surface area (Å²) in [7, 11) is 0. The van der Waals surface area contributed by atoms with Crippen LogP contribution in [-0.4, -0.2) is 89.0 Å². The van der Waals surface area contributed by atoms with E-state index in [1.54, 1.807) is 84.9 Å². The monoisotopic (exact) mass is 1080 g/mol. The Morgan fingerprint density at radius 3 is 2.20 bits per heavy atom. The van der Waals surface area contributed by atoms with Gasteiger partial charge in [-0.15, -0.1) is 11.3 Å². The minimum Gasteiger partial charge on any atom is -0.490 e. The Kier molecular flexibility index (Phi) is 15.2. The molecule has 3 amide bonds. The Bertz CT molecular complexity index is 3150. The number of hydrogen-bond acceptors (Lipinski definition) is 13. The van der Waals surface area contributed by atoms with Crippen LogP contribution in [0.4, 0.5) is 24.5 Å². The highest BCUT2D eigenvalue weighted by molar-refractivity contribution is 7.81. The normalized spacial score (nSPS) is 20.4. The number of likely N-dealkylation sites (tertiary alicyclic amines) is 1. The van der Waals surface area contributed by atoms with Crippen LogP contribution in [0.2, 0.25) is 0 Å². The van der Waals surface area contributed by atoms with E-state index in [1.165, 1.54) is 21.8 Å². The Morgan fingerprint density at radius 2 is 1.58 bits per heavy atom. The average molecular weight is 1080 g/mol. The Hall–Kier alpha value is -7.41. The van der Waals surface area contributed by atoms with E-state index in [2.05, 4.69) is 20.4 Å². The number of halogens is 3. The molecule has 2 saturated heterocycles. The third kappa shape index (κ3) is 11.1. The van der Waals surface area contributed by atoms with Crippen LogP contribution in [0.1, 0.15) is 101 Å². The molecule has 2 aliphatic heterocycles. The maximum absolute atomic E-state index is 14.3. The summed E-state index contributed by atoms with van der Waals surface area (Å²) in [4.78, 5) is 55.7. The van der Waals surface area contributed by atoms with Gasteiger partial charge >= 0.3 is 6.18 Å². The Balaban J connectivity index is 0.752. The van der Waals surface area contributed by atoms with Gasteiger partial charge in [-0.25, -0.2) is 9.97 Å². The molecule has 21 heteroatoms. The summed E-state index contributed by atoms with van der Waals surface area (Å²) in [6, 6.07) is 21.1. The van der Waals surface area contributed by atoms with Crippen molar-refractivity contribution in [3.63, 3.8) is 0 Å². The first-order chi connectivity index (χ1) is 36.2. The lowest BCUT2D eigenvalue weighted by molar-refractivity contribution is -0.142. The van der Waals surface area contributed by atoms with Gasteiger partial charge in [0.1, 0.15) is 35.2 Å². The van der Waals surface area contributed by atoms with Crippen molar-refractivity contribution in [3.8, 4) is 39.6 Å². The largest absolute Gasteiger partial charge is 0.490 e. The van der Waals surface area contributed by atoms with Gasteiger partial charge in [0.25, 0.3) is 5.91 Å². The molecule has 4 atom stereocenters. The van der Waals surface area contributed by atoms with E-state index in [1.807, 2.05) is 57.5 Å². The van der Waals surface area contributed by atoms with Gasteiger partial charge < -0.3 is 34.4 Å². The predicted molar refractivity (Wildman–Crippen MR) is 282 cm³/mol. The third-order valence-electron chi connectivity index (χ3n) is 14.0. The lowest BCUT2D eigenvalue weighted by Crippen LogP contribution is -2.49. The van der Waals surface area contributed by atoms with E-state index in [0.29, 0.717) is 54.5 Å². The molecule has 9 rings (SSSR count). The summed E-state index contributed by atoms with van der Waals surface area (Å²) in [5.41, 5.74) is 2.26. The number of amides is 3. The van der Waals surface area contributed by atoms with E-state index in [-0.39, 0.29) is 59.7 Å². The van der Waals surface area contributed by atoms with E-state index in [4.69, 9.17) is 26.4 Å². The second-order valence-electron chi connectivity index (χ2n) is 20.1. The number of ether oxygens (including phenoxy) is 3. The number of thiocarbonyl (C=S) groups is 1. The van der Waals surface area contributed by atoms with Crippen molar-refractivity contribution in [1.82, 2.24) is 30.0 Å². The van der Waals surface area contributed by atoms with Crippen LogP contribution in [0, 0.1) is 24.2 Å². The number of nitrogens with zero attached hydrogens (tertiary/aromatic N) is 8. The molecule has 6 aromatic rings. The first-order valence-electron chi connectivity index (χ1n) is 24.9. The molecular formula is C55H56F3N9O7S2. The smallest absolute Gasteiger partial charge is 0.417 e. The minimum absolute atomic E-state index is 0.000732. The quantitative estimate of drug-likeness (QED) is 0.0926. The number of thiazole rings is 1. The van der Waals surface area contributed by atoms with Crippen LogP contribution in [0.15, 0.2) is 103 Å². The van der Waals surface area contributed by atoms with E-state index in [0.717, 1.165) is 38.7 Å². The highest BCUT2D eigenvalue weighted by Crippen LogP contribution is 2.41. The number of anilines is 2. The first kappa shape index (κ1) is 53.4. The fourth-order valence-electron chi connectivity index (χ4n) is 10.00. The number of hydrogen-bond donors (Lipinski definition) is 2. The molecule has 0 bridgehead atoms. The van der Waals surface area contributed by atoms with Crippen molar-refractivity contribution in [2.75, 3.05) is 16.3 Å². The summed E-state index contributed by atoms with van der Waals surface area (Å²) < 4.78 is 61.6. The molecule has 0 spiro atoms. The highest BCUT2D eigenvalue weighted by Gasteiger charge is 2.51.